The van der Waals surface area contributed by atoms with Crippen molar-refractivity contribution in [1.82, 2.24) is 4.90 Å². The molecule has 0 radical (unpaired) electrons. The van der Waals surface area contributed by atoms with E-state index >= 15 is 0 Å². The number of methoxy groups -OCH3 is 1. The fourth-order valence-corrected chi connectivity index (χ4v) is 5.89. The molecule has 1 atom stereocenters. The zero-order valence-corrected chi connectivity index (χ0v) is 23.6. The summed E-state index contributed by atoms with van der Waals surface area (Å²) in [6.07, 6.45) is 3.92. The van der Waals surface area contributed by atoms with Crippen LogP contribution in [0.3, 0.4) is 0 Å². The molecule has 0 spiro atoms. The van der Waals surface area contributed by atoms with Crippen LogP contribution in [0.25, 0.3) is 0 Å². The average molecular weight is 541 g/mol. The quantitative estimate of drug-likeness (QED) is 0.392. The number of anilines is 3. The molecule has 210 valence electrons. The molecule has 7 nitrogen and oxygen atoms in total. The summed E-state index contributed by atoms with van der Waals surface area (Å²) in [5.41, 5.74) is 4.35. The molecule has 0 aromatic heterocycles. The Kier molecular flexibility index (Phi) is 8.89. The van der Waals surface area contributed by atoms with Gasteiger partial charge in [-0.2, -0.15) is 0 Å². The van der Waals surface area contributed by atoms with Crippen LogP contribution in [-0.2, 0) is 4.79 Å². The van der Waals surface area contributed by atoms with Gasteiger partial charge in [-0.15, -0.1) is 0 Å². The Bertz CT molecular complexity index is 1300. The van der Waals surface area contributed by atoms with E-state index in [0.717, 1.165) is 81.2 Å². The van der Waals surface area contributed by atoms with E-state index in [-0.39, 0.29) is 17.7 Å². The number of rotatable bonds is 8. The van der Waals surface area contributed by atoms with Crippen LogP contribution in [0.1, 0.15) is 54.4 Å². The summed E-state index contributed by atoms with van der Waals surface area (Å²) in [5.74, 6) is 0.624. The van der Waals surface area contributed by atoms with Gasteiger partial charge in [0.05, 0.1) is 24.3 Å². The molecular formula is C33H40N4O3. The molecule has 0 bridgehead atoms. The minimum atomic E-state index is -0.245. The number of likely N-dealkylation sites (tertiary alicyclic amines) is 1. The van der Waals surface area contributed by atoms with Crippen LogP contribution in [-0.4, -0.2) is 63.1 Å². The third-order valence-electron chi connectivity index (χ3n) is 8.11. The molecule has 1 N–H and O–H groups in total. The first-order chi connectivity index (χ1) is 19.6. The van der Waals surface area contributed by atoms with E-state index < -0.39 is 0 Å². The standard InChI is InChI=1S/C33H40N4O3/c1-3-27(25-12-6-4-7-13-25)32(38)34-26-16-17-29(28(24-26)33(39)37-18-10-5-11-19-37)35-20-22-36(23-21-35)30-14-8-9-15-31(30)40-2/h4,6-9,12-17,24,27H,3,5,10-11,18-23H2,1-2H3,(H,34,38). The average Bonchev–Trinajstić information content (AvgIpc) is 3.02. The highest BCUT2D eigenvalue weighted by Gasteiger charge is 2.27. The highest BCUT2D eigenvalue weighted by atomic mass is 16.5. The van der Waals surface area contributed by atoms with Crippen molar-refractivity contribution in [3.8, 4) is 5.75 Å². The van der Waals surface area contributed by atoms with Crippen LogP contribution in [0.4, 0.5) is 17.1 Å². The maximum atomic E-state index is 13.8. The van der Waals surface area contributed by atoms with Crippen molar-refractivity contribution in [3.05, 3.63) is 83.9 Å². The zero-order valence-electron chi connectivity index (χ0n) is 23.6. The maximum absolute atomic E-state index is 13.8. The highest BCUT2D eigenvalue weighted by molar-refractivity contribution is 6.03. The van der Waals surface area contributed by atoms with Gasteiger partial charge >= 0.3 is 0 Å². The number of carbonyl (C=O) groups excluding carboxylic acids is 2. The largest absolute Gasteiger partial charge is 0.495 e. The summed E-state index contributed by atoms with van der Waals surface area (Å²) in [5, 5.41) is 3.11. The minimum absolute atomic E-state index is 0.0491. The number of para-hydroxylation sites is 2. The summed E-state index contributed by atoms with van der Waals surface area (Å²) in [6, 6.07) is 23.8. The minimum Gasteiger partial charge on any atom is -0.495 e. The van der Waals surface area contributed by atoms with Crippen molar-refractivity contribution < 1.29 is 14.3 Å². The number of piperidine rings is 1. The number of nitrogens with one attached hydrogen (secondary N) is 1. The molecule has 0 saturated carbocycles. The Balaban J connectivity index is 1.38. The van der Waals surface area contributed by atoms with Crippen LogP contribution in [0, 0.1) is 0 Å². The van der Waals surface area contributed by atoms with Crippen molar-refractivity contribution in [2.75, 3.05) is 61.5 Å². The maximum Gasteiger partial charge on any atom is 0.256 e. The Labute approximate surface area is 237 Å². The number of carbonyl (C=O) groups is 2. The summed E-state index contributed by atoms with van der Waals surface area (Å²) >= 11 is 0. The summed E-state index contributed by atoms with van der Waals surface area (Å²) in [6.45, 7) is 6.81. The van der Waals surface area contributed by atoms with E-state index in [4.69, 9.17) is 4.74 Å². The van der Waals surface area contributed by atoms with Gasteiger partial charge in [0.15, 0.2) is 0 Å². The number of hydrogen-bond donors (Lipinski definition) is 1. The third kappa shape index (κ3) is 6.09. The van der Waals surface area contributed by atoms with E-state index in [0.29, 0.717) is 17.7 Å². The summed E-state index contributed by atoms with van der Waals surface area (Å²) in [4.78, 5) is 33.8. The molecule has 5 rings (SSSR count). The van der Waals surface area contributed by atoms with Crippen molar-refractivity contribution in [3.63, 3.8) is 0 Å². The monoisotopic (exact) mass is 540 g/mol. The first-order valence-corrected chi connectivity index (χ1v) is 14.5. The van der Waals surface area contributed by atoms with Gasteiger partial charge in [0.1, 0.15) is 5.75 Å². The summed E-state index contributed by atoms with van der Waals surface area (Å²) < 4.78 is 5.59. The van der Waals surface area contributed by atoms with E-state index in [1.165, 1.54) is 0 Å². The predicted octanol–water partition coefficient (Wildman–Crippen LogP) is 5.78. The van der Waals surface area contributed by atoms with Crippen molar-refractivity contribution >= 4 is 28.9 Å². The normalized spacial score (nSPS) is 16.4. The lowest BCUT2D eigenvalue weighted by atomic mass is 9.95. The van der Waals surface area contributed by atoms with E-state index in [9.17, 15) is 9.59 Å². The first kappa shape index (κ1) is 27.6. The Morgan fingerprint density at radius 2 is 1.45 bits per heavy atom. The molecule has 3 aromatic carbocycles. The number of benzene rings is 3. The molecule has 2 heterocycles. The Hall–Kier alpha value is -4.00. The Morgan fingerprint density at radius 3 is 2.12 bits per heavy atom. The second-order valence-electron chi connectivity index (χ2n) is 10.6. The van der Waals surface area contributed by atoms with Gasteiger partial charge in [0.2, 0.25) is 5.91 Å². The fourth-order valence-electron chi connectivity index (χ4n) is 5.89. The van der Waals surface area contributed by atoms with Gasteiger partial charge in [-0.25, -0.2) is 0 Å². The molecule has 2 aliphatic heterocycles. The van der Waals surface area contributed by atoms with Gasteiger partial charge in [0, 0.05) is 50.6 Å². The lowest BCUT2D eigenvalue weighted by Crippen LogP contribution is -2.47. The van der Waals surface area contributed by atoms with Crippen LogP contribution < -0.4 is 19.9 Å². The van der Waals surface area contributed by atoms with Gasteiger partial charge in [0.25, 0.3) is 5.91 Å². The molecular weight excluding hydrogens is 500 g/mol. The van der Waals surface area contributed by atoms with Crippen LogP contribution in [0.5, 0.6) is 5.75 Å². The second-order valence-corrected chi connectivity index (χ2v) is 10.6. The topological polar surface area (TPSA) is 65.1 Å². The number of ether oxygens (including phenoxy) is 1. The molecule has 2 fully saturated rings. The van der Waals surface area contributed by atoms with Crippen molar-refractivity contribution in [2.45, 2.75) is 38.5 Å². The van der Waals surface area contributed by atoms with Gasteiger partial charge in [-0.3, -0.25) is 9.59 Å². The number of hydrogen-bond acceptors (Lipinski definition) is 5. The summed E-state index contributed by atoms with van der Waals surface area (Å²) in [7, 11) is 1.70. The van der Waals surface area contributed by atoms with E-state index in [1.807, 2.05) is 78.6 Å². The lowest BCUT2D eigenvalue weighted by molar-refractivity contribution is -0.117. The lowest BCUT2D eigenvalue weighted by Gasteiger charge is -2.39. The van der Waals surface area contributed by atoms with Crippen LogP contribution >= 0.6 is 0 Å². The molecule has 3 aromatic rings. The van der Waals surface area contributed by atoms with Crippen LogP contribution in [0.2, 0.25) is 0 Å². The smallest absolute Gasteiger partial charge is 0.256 e. The fraction of sp³-hybridized carbons (Fsp3) is 0.394. The Morgan fingerprint density at radius 1 is 0.800 bits per heavy atom. The predicted molar refractivity (Wildman–Crippen MR) is 162 cm³/mol. The molecule has 0 aliphatic carbocycles. The second kappa shape index (κ2) is 12.9. The first-order valence-electron chi connectivity index (χ1n) is 14.5. The molecule has 1 unspecified atom stereocenters. The molecule has 40 heavy (non-hydrogen) atoms. The number of amides is 2. The SMILES string of the molecule is CCC(C(=O)Nc1ccc(N2CCN(c3ccccc3OC)CC2)c(C(=O)N2CCCCC2)c1)c1ccccc1. The zero-order chi connectivity index (χ0) is 27.9. The van der Waals surface area contributed by atoms with E-state index in [1.54, 1.807) is 7.11 Å². The molecule has 2 saturated heterocycles. The molecule has 2 aliphatic rings. The van der Waals surface area contributed by atoms with E-state index in [2.05, 4.69) is 21.2 Å². The van der Waals surface area contributed by atoms with Crippen LogP contribution in [0.15, 0.2) is 72.8 Å². The van der Waals surface area contributed by atoms with Crippen molar-refractivity contribution in [2.24, 2.45) is 0 Å². The molecule has 2 amide bonds. The van der Waals surface area contributed by atoms with Gasteiger partial charge in [-0.05, 0) is 61.6 Å². The number of nitrogens with zero attached hydrogens (tertiary/aromatic N) is 3. The van der Waals surface area contributed by atoms with Crippen molar-refractivity contribution in [1.29, 1.82) is 0 Å². The highest BCUT2D eigenvalue weighted by Crippen LogP contribution is 2.32. The number of piperazine rings is 1. The van der Waals surface area contributed by atoms with Gasteiger partial charge in [-0.1, -0.05) is 49.4 Å². The molecule has 7 heteroatoms. The van der Waals surface area contributed by atoms with Gasteiger partial charge < -0.3 is 24.8 Å². The third-order valence-corrected chi connectivity index (χ3v) is 8.11.